The van der Waals surface area contributed by atoms with Crippen molar-refractivity contribution < 1.29 is 9.53 Å². The average Bonchev–Trinajstić information content (AvgIpc) is 2.65. The van der Waals surface area contributed by atoms with Gasteiger partial charge in [0, 0.05) is 11.7 Å². The van der Waals surface area contributed by atoms with Crippen LogP contribution < -0.4 is 15.4 Å². The van der Waals surface area contributed by atoms with Crippen LogP contribution in [-0.2, 0) is 0 Å². The van der Waals surface area contributed by atoms with Crippen LogP contribution in [0.3, 0.4) is 0 Å². The third kappa shape index (κ3) is 4.92. The summed E-state index contributed by atoms with van der Waals surface area (Å²) in [7, 11) is 0. The van der Waals surface area contributed by atoms with Gasteiger partial charge in [0.25, 0.3) is 5.91 Å². The molecule has 1 amide bonds. The van der Waals surface area contributed by atoms with E-state index in [0.717, 1.165) is 24.3 Å². The van der Waals surface area contributed by atoms with E-state index in [1.54, 1.807) is 6.20 Å². The number of aromatic nitrogens is 2. The molecule has 0 bridgehead atoms. The van der Waals surface area contributed by atoms with Gasteiger partial charge in [-0.05, 0) is 44.0 Å². The first kappa shape index (κ1) is 17.2. The van der Waals surface area contributed by atoms with Crippen molar-refractivity contribution in [3.63, 3.8) is 0 Å². The zero-order chi connectivity index (χ0) is 17.5. The number of nitrogens with one attached hydrogen (secondary N) is 2. The highest BCUT2D eigenvalue weighted by Crippen LogP contribution is 2.19. The SMILES string of the molecule is CCOc1ccc(Nc2cnc(C(=O)NC3CCCCC3)cn2)cc1. The molecule has 0 saturated heterocycles. The molecule has 1 aliphatic carbocycles. The van der Waals surface area contributed by atoms with E-state index in [1.165, 1.54) is 25.5 Å². The van der Waals surface area contributed by atoms with Crippen molar-refractivity contribution in [1.29, 1.82) is 0 Å². The molecule has 132 valence electrons. The van der Waals surface area contributed by atoms with Crippen molar-refractivity contribution in [2.24, 2.45) is 0 Å². The Labute approximate surface area is 148 Å². The molecule has 6 nitrogen and oxygen atoms in total. The number of carbonyl (C=O) groups excluding carboxylic acids is 1. The fourth-order valence-electron chi connectivity index (χ4n) is 2.97. The molecule has 6 heteroatoms. The molecule has 1 aromatic carbocycles. The Balaban J connectivity index is 1.56. The van der Waals surface area contributed by atoms with Crippen molar-refractivity contribution in [2.45, 2.75) is 45.1 Å². The van der Waals surface area contributed by atoms with Gasteiger partial charge in [0.2, 0.25) is 0 Å². The molecule has 1 fully saturated rings. The summed E-state index contributed by atoms with van der Waals surface area (Å²) in [6.45, 7) is 2.59. The smallest absolute Gasteiger partial charge is 0.271 e. The number of amides is 1. The monoisotopic (exact) mass is 340 g/mol. The minimum Gasteiger partial charge on any atom is -0.494 e. The lowest BCUT2D eigenvalue weighted by Crippen LogP contribution is -2.36. The summed E-state index contributed by atoms with van der Waals surface area (Å²) in [4.78, 5) is 20.7. The highest BCUT2D eigenvalue weighted by atomic mass is 16.5. The van der Waals surface area contributed by atoms with Crippen LogP contribution in [0.4, 0.5) is 11.5 Å². The maximum Gasteiger partial charge on any atom is 0.271 e. The van der Waals surface area contributed by atoms with Crippen molar-refractivity contribution in [2.75, 3.05) is 11.9 Å². The van der Waals surface area contributed by atoms with Gasteiger partial charge in [-0.2, -0.15) is 0 Å². The van der Waals surface area contributed by atoms with E-state index in [0.29, 0.717) is 18.1 Å². The Hall–Kier alpha value is -2.63. The predicted octanol–water partition coefficient (Wildman–Crippen LogP) is 3.68. The van der Waals surface area contributed by atoms with Crippen LogP contribution in [0, 0.1) is 0 Å². The van der Waals surface area contributed by atoms with E-state index < -0.39 is 0 Å². The number of hydrogen-bond acceptors (Lipinski definition) is 5. The molecule has 0 atom stereocenters. The van der Waals surface area contributed by atoms with Crippen LogP contribution in [0.2, 0.25) is 0 Å². The standard InChI is InChI=1S/C19H24N4O2/c1-2-25-16-10-8-15(9-11-16)22-18-13-20-17(12-21-18)19(24)23-14-6-4-3-5-7-14/h8-14H,2-7H2,1H3,(H,21,22)(H,23,24). The van der Waals surface area contributed by atoms with Crippen molar-refractivity contribution in [3.8, 4) is 5.75 Å². The number of carbonyl (C=O) groups is 1. The van der Waals surface area contributed by atoms with E-state index in [1.807, 2.05) is 31.2 Å². The van der Waals surface area contributed by atoms with Crippen LogP contribution in [0.1, 0.15) is 49.5 Å². The molecule has 0 aliphatic heterocycles. The van der Waals surface area contributed by atoms with Crippen LogP contribution in [0.15, 0.2) is 36.7 Å². The van der Waals surface area contributed by atoms with Crippen molar-refractivity contribution >= 4 is 17.4 Å². The maximum absolute atomic E-state index is 12.2. The van der Waals surface area contributed by atoms with Crippen LogP contribution in [0.5, 0.6) is 5.75 Å². The molecule has 2 aromatic rings. The fraction of sp³-hybridized carbons (Fsp3) is 0.421. The van der Waals surface area contributed by atoms with Gasteiger partial charge in [0.1, 0.15) is 17.3 Å². The molecule has 3 rings (SSSR count). The lowest BCUT2D eigenvalue weighted by atomic mass is 9.95. The fourth-order valence-corrected chi connectivity index (χ4v) is 2.97. The third-order valence-electron chi connectivity index (χ3n) is 4.26. The van der Waals surface area contributed by atoms with Gasteiger partial charge in [-0.15, -0.1) is 0 Å². The van der Waals surface area contributed by atoms with E-state index in [-0.39, 0.29) is 11.9 Å². The van der Waals surface area contributed by atoms with Gasteiger partial charge in [0.15, 0.2) is 0 Å². The molecule has 25 heavy (non-hydrogen) atoms. The van der Waals surface area contributed by atoms with Crippen LogP contribution >= 0.6 is 0 Å². The number of rotatable bonds is 6. The predicted molar refractivity (Wildman–Crippen MR) is 97.3 cm³/mol. The minimum atomic E-state index is -0.146. The van der Waals surface area contributed by atoms with Gasteiger partial charge in [0.05, 0.1) is 19.0 Å². The van der Waals surface area contributed by atoms with E-state index in [2.05, 4.69) is 20.6 Å². The van der Waals surface area contributed by atoms with Crippen molar-refractivity contribution in [1.82, 2.24) is 15.3 Å². The lowest BCUT2D eigenvalue weighted by molar-refractivity contribution is 0.0922. The molecule has 0 unspecified atom stereocenters. The first-order valence-corrected chi connectivity index (χ1v) is 8.87. The second-order valence-electron chi connectivity index (χ2n) is 6.18. The molecule has 0 spiro atoms. The zero-order valence-electron chi connectivity index (χ0n) is 14.5. The lowest BCUT2D eigenvalue weighted by Gasteiger charge is -2.22. The Bertz CT molecular complexity index is 680. The van der Waals surface area contributed by atoms with Gasteiger partial charge >= 0.3 is 0 Å². The van der Waals surface area contributed by atoms with Crippen molar-refractivity contribution in [3.05, 3.63) is 42.4 Å². The molecule has 1 aliphatic rings. The quantitative estimate of drug-likeness (QED) is 0.839. The summed E-state index contributed by atoms with van der Waals surface area (Å²) in [6, 6.07) is 7.88. The topological polar surface area (TPSA) is 76.1 Å². The average molecular weight is 340 g/mol. The summed E-state index contributed by atoms with van der Waals surface area (Å²) in [5.74, 6) is 1.28. The van der Waals surface area contributed by atoms with E-state index in [9.17, 15) is 4.79 Å². The first-order chi connectivity index (χ1) is 12.2. The second-order valence-corrected chi connectivity index (χ2v) is 6.18. The third-order valence-corrected chi connectivity index (χ3v) is 4.26. The Morgan fingerprint density at radius 3 is 2.52 bits per heavy atom. The van der Waals surface area contributed by atoms with Gasteiger partial charge < -0.3 is 15.4 Å². The van der Waals surface area contributed by atoms with E-state index in [4.69, 9.17) is 4.74 Å². The Morgan fingerprint density at radius 2 is 1.88 bits per heavy atom. The van der Waals surface area contributed by atoms with Gasteiger partial charge in [-0.25, -0.2) is 9.97 Å². The highest BCUT2D eigenvalue weighted by Gasteiger charge is 2.17. The van der Waals surface area contributed by atoms with E-state index >= 15 is 0 Å². The number of anilines is 2. The highest BCUT2D eigenvalue weighted by molar-refractivity contribution is 5.92. The largest absolute Gasteiger partial charge is 0.494 e. The molecule has 0 radical (unpaired) electrons. The van der Waals surface area contributed by atoms with Crippen LogP contribution in [-0.4, -0.2) is 28.5 Å². The molecule has 2 N–H and O–H groups in total. The summed E-state index contributed by atoms with van der Waals surface area (Å²) < 4.78 is 5.42. The molecule has 1 saturated carbocycles. The van der Waals surface area contributed by atoms with Gasteiger partial charge in [-0.3, -0.25) is 4.79 Å². The second kappa shape index (κ2) is 8.46. The number of benzene rings is 1. The Kier molecular flexibility index (Phi) is 5.82. The number of ether oxygens (including phenoxy) is 1. The normalized spacial score (nSPS) is 14.8. The minimum absolute atomic E-state index is 0.146. The maximum atomic E-state index is 12.2. The summed E-state index contributed by atoms with van der Waals surface area (Å²) in [5, 5.41) is 6.21. The van der Waals surface area contributed by atoms with Crippen LogP contribution in [0.25, 0.3) is 0 Å². The summed E-state index contributed by atoms with van der Waals surface area (Å²) in [6.07, 6.45) is 8.82. The summed E-state index contributed by atoms with van der Waals surface area (Å²) in [5.41, 5.74) is 1.24. The zero-order valence-corrected chi connectivity index (χ0v) is 14.5. The number of nitrogens with zero attached hydrogens (tertiary/aromatic N) is 2. The molecular weight excluding hydrogens is 316 g/mol. The number of hydrogen-bond donors (Lipinski definition) is 2. The molecule has 1 aromatic heterocycles. The Morgan fingerprint density at radius 1 is 1.12 bits per heavy atom. The first-order valence-electron chi connectivity index (χ1n) is 8.87. The summed E-state index contributed by atoms with van der Waals surface area (Å²) >= 11 is 0. The van der Waals surface area contributed by atoms with Gasteiger partial charge in [-0.1, -0.05) is 19.3 Å². The molecular formula is C19H24N4O2. The molecule has 1 heterocycles.